The Bertz CT molecular complexity index is 277. The van der Waals surface area contributed by atoms with Gasteiger partial charge in [-0.3, -0.25) is 0 Å². The highest BCUT2D eigenvalue weighted by atomic mass is 32.2. The normalized spacial score (nSPS) is 10.0. The summed E-state index contributed by atoms with van der Waals surface area (Å²) in [4.78, 5) is 12.0. The van der Waals surface area contributed by atoms with Crippen molar-refractivity contribution in [2.75, 3.05) is 6.26 Å². The average Bonchev–Trinajstić information content (AvgIpc) is 2.15. The fourth-order valence-electron chi connectivity index (χ4n) is 1.11. The third kappa shape index (κ3) is 3.64. The van der Waals surface area contributed by atoms with Crippen LogP contribution in [-0.4, -0.2) is 12.0 Å². The van der Waals surface area contributed by atoms with Gasteiger partial charge in [0, 0.05) is 11.3 Å². The molecule has 0 aliphatic carbocycles. The Morgan fingerprint density at radius 3 is 2.38 bits per heavy atom. The van der Waals surface area contributed by atoms with Crippen LogP contribution >= 0.6 is 11.8 Å². The van der Waals surface area contributed by atoms with E-state index < -0.39 is 0 Å². The molecule has 0 heterocycles. The van der Waals surface area contributed by atoms with Crippen LogP contribution in [0.4, 0.5) is 0 Å². The minimum Gasteiger partial charge on any atom is -0.300 e. The Balaban J connectivity index is 2.54. The summed E-state index contributed by atoms with van der Waals surface area (Å²) in [5.74, 6) is 0.258. The number of hydrogen-bond acceptors (Lipinski definition) is 2. The molecule has 2 heteroatoms. The number of carbonyl (C=O) groups is 1. The molecule has 0 saturated carbocycles. The summed E-state index contributed by atoms with van der Waals surface area (Å²) in [6.45, 7) is 1.64. The van der Waals surface area contributed by atoms with Crippen LogP contribution in [0.5, 0.6) is 0 Å². The smallest absolute Gasteiger partial charge is 0.130 e. The monoisotopic (exact) mass is 194 g/mol. The molecule has 1 nitrogen and oxygen atoms in total. The molecule has 0 aliphatic rings. The highest BCUT2D eigenvalue weighted by molar-refractivity contribution is 7.98. The predicted octanol–water partition coefficient (Wildman–Crippen LogP) is 2.93. The predicted molar refractivity (Wildman–Crippen MR) is 57.2 cm³/mol. The molecule has 1 aromatic carbocycles. The molecule has 0 fully saturated rings. The van der Waals surface area contributed by atoms with Gasteiger partial charge in [0.1, 0.15) is 5.78 Å². The van der Waals surface area contributed by atoms with E-state index in [0.717, 1.165) is 6.42 Å². The van der Waals surface area contributed by atoms with Crippen LogP contribution in [0.3, 0.4) is 0 Å². The molecule has 0 N–H and O–H groups in total. The zero-order chi connectivity index (χ0) is 9.68. The summed E-state index contributed by atoms with van der Waals surface area (Å²) in [5, 5.41) is 0. The van der Waals surface area contributed by atoms with Gasteiger partial charge in [-0.05, 0) is 37.3 Å². The van der Waals surface area contributed by atoms with E-state index in [0.29, 0.717) is 6.42 Å². The molecule has 0 atom stereocenters. The van der Waals surface area contributed by atoms with E-state index in [2.05, 4.69) is 30.5 Å². The summed E-state index contributed by atoms with van der Waals surface area (Å²) in [6, 6.07) is 8.38. The van der Waals surface area contributed by atoms with Crippen LogP contribution in [0, 0.1) is 0 Å². The molecule has 0 aliphatic heterocycles. The van der Waals surface area contributed by atoms with Crippen molar-refractivity contribution in [2.45, 2.75) is 24.7 Å². The molecule has 70 valence electrons. The van der Waals surface area contributed by atoms with Crippen LogP contribution in [0.15, 0.2) is 29.2 Å². The van der Waals surface area contributed by atoms with Gasteiger partial charge in [-0.2, -0.15) is 0 Å². The first-order valence-corrected chi connectivity index (χ1v) is 5.57. The van der Waals surface area contributed by atoms with Crippen molar-refractivity contribution >= 4 is 17.5 Å². The summed E-state index contributed by atoms with van der Waals surface area (Å²) in [6.07, 6.45) is 3.58. The van der Waals surface area contributed by atoms with Crippen molar-refractivity contribution in [3.8, 4) is 0 Å². The molecule has 13 heavy (non-hydrogen) atoms. The molecule has 0 radical (unpaired) electrons. The van der Waals surface area contributed by atoms with E-state index in [9.17, 15) is 4.79 Å². The Morgan fingerprint density at radius 2 is 1.92 bits per heavy atom. The maximum atomic E-state index is 10.7. The van der Waals surface area contributed by atoms with Crippen molar-refractivity contribution in [3.63, 3.8) is 0 Å². The lowest BCUT2D eigenvalue weighted by molar-refractivity contribution is -0.116. The number of thioether (sulfide) groups is 1. The molecular weight excluding hydrogens is 180 g/mol. The zero-order valence-corrected chi connectivity index (χ0v) is 8.86. The Kier molecular flexibility index (Phi) is 4.03. The van der Waals surface area contributed by atoms with E-state index in [-0.39, 0.29) is 5.78 Å². The molecular formula is C11H14OS. The van der Waals surface area contributed by atoms with Crippen molar-refractivity contribution in [2.24, 2.45) is 0 Å². The second-order valence-corrected chi connectivity index (χ2v) is 3.93. The summed E-state index contributed by atoms with van der Waals surface area (Å²) in [5.41, 5.74) is 1.24. The molecule has 0 aromatic heterocycles. The second-order valence-electron chi connectivity index (χ2n) is 3.05. The molecule has 1 aromatic rings. The third-order valence-corrected chi connectivity index (χ3v) is 2.67. The molecule has 0 bridgehead atoms. The zero-order valence-electron chi connectivity index (χ0n) is 8.04. The fraction of sp³-hybridized carbons (Fsp3) is 0.364. The van der Waals surface area contributed by atoms with Crippen molar-refractivity contribution in [1.29, 1.82) is 0 Å². The van der Waals surface area contributed by atoms with Crippen LogP contribution in [0.1, 0.15) is 18.9 Å². The number of ketones is 1. The quantitative estimate of drug-likeness (QED) is 0.685. The fourth-order valence-corrected chi connectivity index (χ4v) is 1.52. The topological polar surface area (TPSA) is 17.1 Å². The van der Waals surface area contributed by atoms with E-state index in [1.165, 1.54) is 10.5 Å². The van der Waals surface area contributed by atoms with Gasteiger partial charge in [-0.1, -0.05) is 12.1 Å². The Labute approximate surface area is 83.5 Å². The van der Waals surface area contributed by atoms with Gasteiger partial charge < -0.3 is 4.79 Å². The highest BCUT2D eigenvalue weighted by Gasteiger charge is 1.96. The van der Waals surface area contributed by atoms with E-state index in [4.69, 9.17) is 0 Å². The van der Waals surface area contributed by atoms with Crippen molar-refractivity contribution in [1.82, 2.24) is 0 Å². The molecule has 1 rings (SSSR count). The Morgan fingerprint density at radius 1 is 1.31 bits per heavy atom. The minimum absolute atomic E-state index is 0.258. The van der Waals surface area contributed by atoms with Gasteiger partial charge in [0.2, 0.25) is 0 Å². The lowest BCUT2D eigenvalue weighted by atomic mass is 10.1. The number of hydrogen-bond donors (Lipinski definition) is 0. The first-order valence-electron chi connectivity index (χ1n) is 4.34. The lowest BCUT2D eigenvalue weighted by Crippen LogP contribution is -1.93. The first-order chi connectivity index (χ1) is 6.22. The van der Waals surface area contributed by atoms with Crippen molar-refractivity contribution in [3.05, 3.63) is 29.8 Å². The highest BCUT2D eigenvalue weighted by Crippen LogP contribution is 2.15. The summed E-state index contributed by atoms with van der Waals surface area (Å²) >= 11 is 1.73. The number of Topliss-reactive ketones (excluding diaryl/α,β-unsaturated/α-hetero) is 1. The van der Waals surface area contributed by atoms with Gasteiger partial charge >= 0.3 is 0 Å². The molecule has 0 saturated heterocycles. The third-order valence-electron chi connectivity index (χ3n) is 1.92. The molecule has 0 amide bonds. The lowest BCUT2D eigenvalue weighted by Gasteiger charge is -2.00. The first kappa shape index (κ1) is 10.3. The average molecular weight is 194 g/mol. The number of benzene rings is 1. The Hall–Kier alpha value is -0.760. The maximum absolute atomic E-state index is 10.7. The minimum atomic E-state index is 0.258. The summed E-state index contributed by atoms with van der Waals surface area (Å²) in [7, 11) is 0. The van der Waals surface area contributed by atoms with Crippen LogP contribution in [0.25, 0.3) is 0 Å². The van der Waals surface area contributed by atoms with Gasteiger partial charge in [-0.25, -0.2) is 0 Å². The van der Waals surface area contributed by atoms with E-state index in [1.807, 2.05) is 0 Å². The van der Waals surface area contributed by atoms with Crippen LogP contribution < -0.4 is 0 Å². The van der Waals surface area contributed by atoms with Gasteiger partial charge in [0.05, 0.1) is 0 Å². The number of aryl methyl sites for hydroxylation is 1. The second kappa shape index (κ2) is 5.07. The largest absolute Gasteiger partial charge is 0.300 e. The molecule has 0 unspecified atom stereocenters. The summed E-state index contributed by atoms with van der Waals surface area (Å²) < 4.78 is 0. The van der Waals surface area contributed by atoms with Gasteiger partial charge in [0.15, 0.2) is 0 Å². The van der Waals surface area contributed by atoms with Gasteiger partial charge in [-0.15, -0.1) is 11.8 Å². The molecule has 0 spiro atoms. The van der Waals surface area contributed by atoms with Gasteiger partial charge in [0.25, 0.3) is 0 Å². The van der Waals surface area contributed by atoms with Crippen LogP contribution in [0.2, 0.25) is 0 Å². The van der Waals surface area contributed by atoms with Crippen LogP contribution in [-0.2, 0) is 11.2 Å². The number of rotatable bonds is 4. The van der Waals surface area contributed by atoms with E-state index in [1.54, 1.807) is 18.7 Å². The standard InChI is InChI=1S/C11H14OS/c1-9(12)3-4-10-5-7-11(13-2)8-6-10/h5-8H,3-4H2,1-2H3. The van der Waals surface area contributed by atoms with Crippen molar-refractivity contribution < 1.29 is 4.79 Å². The van der Waals surface area contributed by atoms with E-state index >= 15 is 0 Å². The number of carbonyl (C=O) groups excluding carboxylic acids is 1. The maximum Gasteiger partial charge on any atom is 0.130 e. The SMILES string of the molecule is CSc1ccc(CCC(C)=O)cc1.